The number of nitrogens with zero attached hydrogens (tertiary/aromatic N) is 3. The van der Waals surface area contributed by atoms with Crippen LogP contribution in [0.4, 0.5) is 5.88 Å². The second kappa shape index (κ2) is 8.34. The third-order valence-corrected chi connectivity index (χ3v) is 6.97. The Labute approximate surface area is 175 Å². The summed E-state index contributed by atoms with van der Waals surface area (Å²) in [6.45, 7) is 3.50. The lowest BCUT2D eigenvalue weighted by molar-refractivity contribution is 0.281. The molecular formula is C21H22N4O4S. The highest BCUT2D eigenvalue weighted by Crippen LogP contribution is 2.28. The fraction of sp³-hybridized carbons (Fsp3) is 0.333. The first-order valence-electron chi connectivity index (χ1n) is 9.75. The Morgan fingerprint density at radius 1 is 1.30 bits per heavy atom. The number of furan rings is 1. The Morgan fingerprint density at radius 2 is 2.10 bits per heavy atom. The number of piperidine rings is 1. The highest BCUT2D eigenvalue weighted by Gasteiger charge is 2.28. The van der Waals surface area contributed by atoms with Gasteiger partial charge in [-0.25, -0.2) is 8.42 Å². The molecule has 1 unspecified atom stereocenters. The molecule has 1 aromatic carbocycles. The molecule has 9 heteroatoms. The van der Waals surface area contributed by atoms with Crippen LogP contribution in [0.5, 0.6) is 0 Å². The molecule has 1 atom stereocenters. The molecule has 4 rings (SSSR count). The van der Waals surface area contributed by atoms with Gasteiger partial charge in [0.2, 0.25) is 27.5 Å². The number of oxazole rings is 1. The van der Waals surface area contributed by atoms with Gasteiger partial charge in [0, 0.05) is 18.7 Å². The van der Waals surface area contributed by atoms with Crippen molar-refractivity contribution in [3.8, 4) is 17.5 Å². The molecule has 1 aliphatic rings. The second-order valence-electron chi connectivity index (χ2n) is 7.38. The summed E-state index contributed by atoms with van der Waals surface area (Å²) in [5, 5.41) is 12.3. The van der Waals surface area contributed by atoms with Gasteiger partial charge in [0.15, 0.2) is 0 Å². The SMILES string of the molecule is CC1CCCN(S(=O)(=O)c2ccc(-c3nc(C#N)c(NCc4ccco4)o3)cc2)C1. The molecule has 0 amide bonds. The normalized spacial score (nSPS) is 17.5. The second-order valence-corrected chi connectivity index (χ2v) is 9.31. The molecule has 3 heterocycles. The zero-order valence-corrected chi connectivity index (χ0v) is 17.4. The highest BCUT2D eigenvalue weighted by atomic mass is 32.2. The van der Waals surface area contributed by atoms with Gasteiger partial charge in [0.05, 0.1) is 17.7 Å². The summed E-state index contributed by atoms with van der Waals surface area (Å²) in [4.78, 5) is 4.45. The smallest absolute Gasteiger partial charge is 0.243 e. The van der Waals surface area contributed by atoms with Crippen LogP contribution >= 0.6 is 0 Å². The Balaban J connectivity index is 1.53. The molecule has 1 saturated heterocycles. The lowest BCUT2D eigenvalue weighted by Crippen LogP contribution is -2.39. The Kier molecular flexibility index (Phi) is 5.61. The zero-order valence-electron chi connectivity index (χ0n) is 16.5. The summed E-state index contributed by atoms with van der Waals surface area (Å²) in [6.07, 6.45) is 3.49. The number of aromatic nitrogens is 1. The predicted octanol–water partition coefficient (Wildman–Crippen LogP) is 3.84. The largest absolute Gasteiger partial charge is 0.467 e. The van der Waals surface area contributed by atoms with E-state index in [2.05, 4.69) is 17.2 Å². The van der Waals surface area contributed by atoms with Crippen LogP contribution in [-0.4, -0.2) is 30.8 Å². The minimum Gasteiger partial charge on any atom is -0.467 e. The maximum absolute atomic E-state index is 12.9. The molecule has 2 aromatic heterocycles. The van der Waals surface area contributed by atoms with Gasteiger partial charge in [-0.1, -0.05) is 6.92 Å². The minimum atomic E-state index is -3.53. The van der Waals surface area contributed by atoms with Crippen molar-refractivity contribution in [2.75, 3.05) is 18.4 Å². The molecule has 0 aliphatic carbocycles. The third kappa shape index (κ3) is 4.10. The average Bonchev–Trinajstić information content (AvgIpc) is 3.42. The first-order chi connectivity index (χ1) is 14.5. The van der Waals surface area contributed by atoms with Crippen LogP contribution < -0.4 is 5.32 Å². The van der Waals surface area contributed by atoms with E-state index >= 15 is 0 Å². The number of anilines is 1. The van der Waals surface area contributed by atoms with E-state index in [1.54, 1.807) is 47.0 Å². The average molecular weight is 426 g/mol. The molecule has 0 spiro atoms. The number of hydrogen-bond donors (Lipinski definition) is 1. The Hall–Kier alpha value is -3.09. The van der Waals surface area contributed by atoms with E-state index in [1.807, 2.05) is 6.07 Å². The molecule has 1 aliphatic heterocycles. The maximum Gasteiger partial charge on any atom is 0.243 e. The van der Waals surface area contributed by atoms with Crippen LogP contribution in [0.3, 0.4) is 0 Å². The van der Waals surface area contributed by atoms with Gasteiger partial charge in [0.1, 0.15) is 11.8 Å². The van der Waals surface area contributed by atoms with E-state index in [-0.39, 0.29) is 22.4 Å². The summed E-state index contributed by atoms with van der Waals surface area (Å²) in [6, 6.07) is 12.0. The van der Waals surface area contributed by atoms with Crippen molar-refractivity contribution in [2.45, 2.75) is 31.2 Å². The van der Waals surface area contributed by atoms with Gasteiger partial charge in [-0.2, -0.15) is 14.6 Å². The third-order valence-electron chi connectivity index (χ3n) is 5.10. The van der Waals surface area contributed by atoms with E-state index in [1.165, 1.54) is 0 Å². The summed E-state index contributed by atoms with van der Waals surface area (Å²) in [7, 11) is -3.53. The van der Waals surface area contributed by atoms with Gasteiger partial charge in [0.25, 0.3) is 0 Å². The lowest BCUT2D eigenvalue weighted by Gasteiger charge is -2.30. The van der Waals surface area contributed by atoms with Gasteiger partial charge in [-0.05, 0) is 55.2 Å². The van der Waals surface area contributed by atoms with Crippen molar-refractivity contribution >= 4 is 15.9 Å². The zero-order chi connectivity index (χ0) is 21.1. The number of nitrogens with one attached hydrogen (secondary N) is 1. The van der Waals surface area contributed by atoms with Crippen LogP contribution in [0.15, 0.2) is 56.4 Å². The standard InChI is InChI=1S/C21H22N4O4S/c1-15-4-2-10-25(14-15)30(26,27)18-8-6-16(7-9-18)20-24-19(12-22)21(29-20)23-13-17-5-3-11-28-17/h3,5-9,11,15,23H,2,4,10,13-14H2,1H3. The molecule has 0 radical (unpaired) electrons. The quantitative estimate of drug-likeness (QED) is 0.637. The van der Waals surface area contributed by atoms with Crippen molar-refractivity contribution < 1.29 is 17.3 Å². The molecular weight excluding hydrogens is 404 g/mol. The van der Waals surface area contributed by atoms with Crippen LogP contribution in [0, 0.1) is 17.2 Å². The molecule has 30 heavy (non-hydrogen) atoms. The van der Waals surface area contributed by atoms with Crippen molar-refractivity contribution in [3.05, 3.63) is 54.1 Å². The van der Waals surface area contributed by atoms with E-state index < -0.39 is 10.0 Å². The van der Waals surface area contributed by atoms with E-state index in [9.17, 15) is 13.7 Å². The maximum atomic E-state index is 12.9. The fourth-order valence-corrected chi connectivity index (χ4v) is 5.10. The van der Waals surface area contributed by atoms with Gasteiger partial charge < -0.3 is 14.2 Å². The predicted molar refractivity (Wildman–Crippen MR) is 110 cm³/mol. The summed E-state index contributed by atoms with van der Waals surface area (Å²) in [5.41, 5.74) is 0.707. The van der Waals surface area contributed by atoms with E-state index in [0.717, 1.165) is 12.8 Å². The van der Waals surface area contributed by atoms with Crippen molar-refractivity contribution in [1.29, 1.82) is 5.26 Å². The van der Waals surface area contributed by atoms with Crippen molar-refractivity contribution in [1.82, 2.24) is 9.29 Å². The Morgan fingerprint density at radius 3 is 2.77 bits per heavy atom. The lowest BCUT2D eigenvalue weighted by atomic mass is 10.0. The molecule has 1 N–H and O–H groups in total. The van der Waals surface area contributed by atoms with Crippen molar-refractivity contribution in [3.63, 3.8) is 0 Å². The van der Waals surface area contributed by atoms with Crippen LogP contribution in [0.25, 0.3) is 11.5 Å². The molecule has 0 bridgehead atoms. The number of sulfonamides is 1. The van der Waals surface area contributed by atoms with Crippen molar-refractivity contribution in [2.24, 2.45) is 5.92 Å². The molecule has 8 nitrogen and oxygen atoms in total. The molecule has 156 valence electrons. The number of nitriles is 1. The topological polar surface area (TPSA) is 112 Å². The first kappa shape index (κ1) is 20.2. The number of rotatable bonds is 6. The summed E-state index contributed by atoms with van der Waals surface area (Å²) >= 11 is 0. The van der Waals surface area contributed by atoms with Crippen LogP contribution in [0.1, 0.15) is 31.2 Å². The number of hydrogen-bond acceptors (Lipinski definition) is 7. The van der Waals surface area contributed by atoms with Gasteiger partial charge >= 0.3 is 0 Å². The van der Waals surface area contributed by atoms with Gasteiger partial charge in [-0.15, -0.1) is 0 Å². The molecule has 3 aromatic rings. The Bertz CT molecular complexity index is 1140. The minimum absolute atomic E-state index is 0.121. The van der Waals surface area contributed by atoms with E-state index in [4.69, 9.17) is 8.83 Å². The molecule has 1 fully saturated rings. The molecule has 0 saturated carbocycles. The highest BCUT2D eigenvalue weighted by molar-refractivity contribution is 7.89. The van der Waals surface area contributed by atoms with Gasteiger partial charge in [-0.3, -0.25) is 0 Å². The first-order valence-corrected chi connectivity index (χ1v) is 11.2. The van der Waals surface area contributed by atoms with Crippen LogP contribution in [-0.2, 0) is 16.6 Å². The summed E-state index contributed by atoms with van der Waals surface area (Å²) < 4.78 is 38.3. The van der Waals surface area contributed by atoms with E-state index in [0.29, 0.717) is 36.9 Å². The summed E-state index contributed by atoms with van der Waals surface area (Å²) in [5.74, 6) is 1.53. The fourth-order valence-electron chi connectivity index (χ4n) is 3.50. The van der Waals surface area contributed by atoms with Crippen LogP contribution in [0.2, 0.25) is 0 Å². The number of benzene rings is 1. The monoisotopic (exact) mass is 426 g/mol.